The summed E-state index contributed by atoms with van der Waals surface area (Å²) >= 11 is 1.40. The minimum atomic E-state index is -1.34. The van der Waals surface area contributed by atoms with E-state index in [9.17, 15) is 0 Å². The van der Waals surface area contributed by atoms with Gasteiger partial charge in [0.25, 0.3) is 0 Å². The summed E-state index contributed by atoms with van der Waals surface area (Å²) in [6, 6.07) is 3.82. The molecule has 0 aliphatic carbocycles. The largest absolute Gasteiger partial charge is 0.375 e. The van der Waals surface area contributed by atoms with Crippen LogP contribution in [0.3, 0.4) is 0 Å². The van der Waals surface area contributed by atoms with Crippen LogP contribution in [0.1, 0.15) is 5.69 Å². The van der Waals surface area contributed by atoms with Crippen LogP contribution in [-0.4, -0.2) is 18.0 Å². The van der Waals surface area contributed by atoms with Gasteiger partial charge in [-0.05, 0) is 12.1 Å². The van der Waals surface area contributed by atoms with Crippen molar-refractivity contribution in [2.24, 2.45) is 0 Å². The van der Waals surface area contributed by atoms with Crippen LogP contribution in [0.5, 0.6) is 0 Å². The highest BCUT2D eigenvalue weighted by molar-refractivity contribution is 7.21. The molecule has 0 aliphatic heterocycles. The number of anilines is 1. The van der Waals surface area contributed by atoms with Gasteiger partial charge in [0, 0.05) is 0 Å². The molecule has 0 unspecified atom stereocenters. The maximum absolute atomic E-state index is 5.62. The highest BCUT2D eigenvalue weighted by atomic mass is 32.1. The average molecular weight is 247 g/mol. The van der Waals surface area contributed by atoms with Gasteiger partial charge in [0.05, 0.1) is 0 Å². The van der Waals surface area contributed by atoms with Gasteiger partial charge in [-0.2, -0.15) is 0 Å². The molecule has 82 valence electrons. The van der Waals surface area contributed by atoms with Crippen LogP contribution in [0.15, 0.2) is 12.1 Å². The van der Waals surface area contributed by atoms with Crippen molar-refractivity contribution in [3.63, 3.8) is 0 Å². The number of thiazole rings is 1. The van der Waals surface area contributed by atoms with Crippen LogP contribution < -0.4 is 5.73 Å². The first-order valence-electron chi connectivity index (χ1n) is 5.00. The van der Waals surface area contributed by atoms with Crippen molar-refractivity contribution < 1.29 is 0 Å². The van der Waals surface area contributed by atoms with Crippen molar-refractivity contribution in [2.75, 3.05) is 5.73 Å². The summed E-state index contributed by atoms with van der Waals surface area (Å²) in [6.45, 7) is 6.63. The minimum absolute atomic E-state index is 0.554. The van der Waals surface area contributed by atoms with Crippen molar-refractivity contribution in [1.29, 1.82) is 0 Å². The Balaban J connectivity index is 2.42. The van der Waals surface area contributed by atoms with E-state index >= 15 is 0 Å². The highest BCUT2D eigenvalue weighted by Crippen LogP contribution is 2.21. The Morgan fingerprint density at radius 2 is 2.00 bits per heavy atom. The zero-order valence-corrected chi connectivity index (χ0v) is 11.4. The van der Waals surface area contributed by atoms with E-state index in [1.54, 1.807) is 0 Å². The average Bonchev–Trinajstić information content (AvgIpc) is 2.52. The van der Waals surface area contributed by atoms with Gasteiger partial charge in [-0.3, -0.25) is 0 Å². The third-order valence-corrected chi connectivity index (χ3v) is 3.51. The Kier molecular flexibility index (Phi) is 2.70. The Labute approximate surface area is 99.7 Å². The van der Waals surface area contributed by atoms with Crippen LogP contribution in [0.4, 0.5) is 5.13 Å². The third-order valence-electron chi connectivity index (χ3n) is 1.84. The second-order valence-electron chi connectivity index (χ2n) is 4.57. The fraction of sp³-hybridized carbons (Fsp3) is 0.273. The standard InChI is InChI=1S/C11H13N3SSi/c1-16(2,3)7-6-8-4-5-9-10(13-8)15-11(12)14-9/h4-5H,1-3H3,(H2,12,14). The fourth-order valence-corrected chi connectivity index (χ4v) is 2.36. The SMILES string of the molecule is C[Si](C)(C)C#Cc1ccc2nc(N)sc2n1. The van der Waals surface area contributed by atoms with Crippen molar-refractivity contribution in [2.45, 2.75) is 19.6 Å². The zero-order chi connectivity index (χ0) is 11.8. The lowest BCUT2D eigenvalue weighted by atomic mass is 10.3. The molecule has 2 heterocycles. The minimum Gasteiger partial charge on any atom is -0.375 e. The van der Waals surface area contributed by atoms with Crippen molar-refractivity contribution in [3.8, 4) is 11.5 Å². The molecule has 2 rings (SSSR count). The molecule has 0 spiro atoms. The van der Waals surface area contributed by atoms with Gasteiger partial charge < -0.3 is 5.73 Å². The summed E-state index contributed by atoms with van der Waals surface area (Å²) < 4.78 is 0. The fourth-order valence-electron chi connectivity index (χ4n) is 1.16. The third kappa shape index (κ3) is 2.59. The Morgan fingerprint density at radius 1 is 1.25 bits per heavy atom. The summed E-state index contributed by atoms with van der Waals surface area (Å²) in [5, 5.41) is 0.554. The molecule has 0 amide bonds. The highest BCUT2D eigenvalue weighted by Gasteiger charge is 2.08. The molecule has 0 saturated carbocycles. The first-order chi connectivity index (χ1) is 7.44. The summed E-state index contributed by atoms with van der Waals surface area (Å²) in [5.41, 5.74) is 10.6. The van der Waals surface area contributed by atoms with Crippen LogP contribution in [-0.2, 0) is 0 Å². The van der Waals surface area contributed by atoms with E-state index in [0.29, 0.717) is 5.13 Å². The number of hydrogen-bond acceptors (Lipinski definition) is 4. The molecule has 0 fully saturated rings. The number of pyridine rings is 1. The maximum Gasteiger partial charge on any atom is 0.182 e. The van der Waals surface area contributed by atoms with Gasteiger partial charge in [-0.15, -0.1) is 5.54 Å². The molecule has 0 atom stereocenters. The number of nitrogens with two attached hydrogens (primary N) is 1. The van der Waals surface area contributed by atoms with Gasteiger partial charge in [-0.1, -0.05) is 36.9 Å². The van der Waals surface area contributed by atoms with Crippen molar-refractivity contribution in [1.82, 2.24) is 9.97 Å². The lowest BCUT2D eigenvalue weighted by Gasteiger charge is -2.02. The van der Waals surface area contributed by atoms with Gasteiger partial charge in [-0.25, -0.2) is 9.97 Å². The number of rotatable bonds is 0. The van der Waals surface area contributed by atoms with Crippen LogP contribution in [0, 0.1) is 11.5 Å². The molecule has 2 aromatic rings. The molecule has 3 nitrogen and oxygen atoms in total. The molecular weight excluding hydrogens is 234 g/mol. The Bertz CT molecular complexity index is 587. The molecule has 2 aromatic heterocycles. The lowest BCUT2D eigenvalue weighted by Crippen LogP contribution is -2.16. The first-order valence-corrected chi connectivity index (χ1v) is 9.32. The molecule has 0 bridgehead atoms. The normalized spacial score (nSPS) is 11.2. The summed E-state index contributed by atoms with van der Waals surface area (Å²) in [6.07, 6.45) is 0. The molecule has 0 aliphatic rings. The van der Waals surface area contributed by atoms with E-state index in [1.807, 2.05) is 12.1 Å². The van der Waals surface area contributed by atoms with E-state index in [1.165, 1.54) is 11.3 Å². The van der Waals surface area contributed by atoms with E-state index in [2.05, 4.69) is 41.1 Å². The quantitative estimate of drug-likeness (QED) is 0.575. The van der Waals surface area contributed by atoms with E-state index in [-0.39, 0.29) is 0 Å². The molecule has 5 heteroatoms. The second kappa shape index (κ2) is 3.89. The summed E-state index contributed by atoms with van der Waals surface area (Å²) in [5.74, 6) is 3.12. The Hall–Kier alpha value is -1.38. The van der Waals surface area contributed by atoms with Gasteiger partial charge in [0.1, 0.15) is 24.1 Å². The zero-order valence-electron chi connectivity index (χ0n) is 9.53. The van der Waals surface area contributed by atoms with Crippen molar-refractivity contribution in [3.05, 3.63) is 17.8 Å². The summed E-state index contributed by atoms with van der Waals surface area (Å²) in [4.78, 5) is 9.44. The molecule has 0 radical (unpaired) electrons. The molecule has 0 saturated heterocycles. The van der Waals surface area contributed by atoms with Crippen LogP contribution >= 0.6 is 11.3 Å². The topological polar surface area (TPSA) is 51.8 Å². The Morgan fingerprint density at radius 3 is 2.69 bits per heavy atom. The second-order valence-corrected chi connectivity index (χ2v) is 10.3. The van der Waals surface area contributed by atoms with E-state index < -0.39 is 8.07 Å². The number of hydrogen-bond donors (Lipinski definition) is 1. The summed E-state index contributed by atoms with van der Waals surface area (Å²) in [7, 11) is -1.34. The van der Waals surface area contributed by atoms with Gasteiger partial charge in [0.15, 0.2) is 5.13 Å². The maximum atomic E-state index is 5.62. The number of nitrogens with zero attached hydrogens (tertiary/aromatic N) is 2. The van der Waals surface area contributed by atoms with Crippen LogP contribution in [0.25, 0.3) is 10.3 Å². The molecular formula is C11H13N3SSi. The molecule has 16 heavy (non-hydrogen) atoms. The lowest BCUT2D eigenvalue weighted by molar-refractivity contribution is 1.37. The molecule has 2 N–H and O–H groups in total. The van der Waals surface area contributed by atoms with E-state index in [4.69, 9.17) is 5.73 Å². The van der Waals surface area contributed by atoms with E-state index in [0.717, 1.165) is 16.0 Å². The van der Waals surface area contributed by atoms with Crippen molar-refractivity contribution >= 4 is 34.9 Å². The smallest absolute Gasteiger partial charge is 0.182 e. The number of fused-ring (bicyclic) bond motifs is 1. The predicted octanol–water partition coefficient (Wildman–Crippen LogP) is 2.50. The predicted molar refractivity (Wildman–Crippen MR) is 72.1 cm³/mol. The van der Waals surface area contributed by atoms with Gasteiger partial charge in [0.2, 0.25) is 0 Å². The number of aromatic nitrogens is 2. The monoisotopic (exact) mass is 247 g/mol. The molecule has 0 aromatic carbocycles. The number of nitrogen functional groups attached to an aromatic ring is 1. The van der Waals surface area contributed by atoms with Gasteiger partial charge >= 0.3 is 0 Å². The first kappa shape index (κ1) is 11.1. The van der Waals surface area contributed by atoms with Crippen LogP contribution in [0.2, 0.25) is 19.6 Å².